The summed E-state index contributed by atoms with van der Waals surface area (Å²) in [5.41, 5.74) is 1.67. The minimum Gasteiger partial charge on any atom is -0.341 e. The molecule has 0 aliphatic heterocycles. The molecule has 0 heterocycles. The van der Waals surface area contributed by atoms with Crippen LogP contribution in [0.3, 0.4) is 0 Å². The second kappa shape index (κ2) is 7.83. The van der Waals surface area contributed by atoms with Gasteiger partial charge in [0.05, 0.1) is 11.6 Å². The number of carbonyl (C=O) groups excluding carboxylic acids is 1. The minimum absolute atomic E-state index is 0.226. The highest BCUT2D eigenvalue weighted by molar-refractivity contribution is 5.76. The van der Waals surface area contributed by atoms with Gasteiger partial charge in [0.1, 0.15) is 0 Å². The van der Waals surface area contributed by atoms with Crippen molar-refractivity contribution in [1.29, 1.82) is 5.26 Å². The maximum atomic E-state index is 12.3. The van der Waals surface area contributed by atoms with Gasteiger partial charge < -0.3 is 4.90 Å². The Bertz CT molecular complexity index is 510. The monoisotopic (exact) mass is 284 g/mol. The van der Waals surface area contributed by atoms with Crippen LogP contribution in [-0.4, -0.2) is 17.9 Å². The summed E-state index contributed by atoms with van der Waals surface area (Å²) in [5.74, 6) is 0.789. The van der Waals surface area contributed by atoms with E-state index in [1.54, 1.807) is 11.0 Å². The van der Waals surface area contributed by atoms with Crippen LogP contribution in [0.1, 0.15) is 56.1 Å². The maximum Gasteiger partial charge on any atom is 0.222 e. The Morgan fingerprint density at radius 2 is 2.00 bits per heavy atom. The average molecular weight is 284 g/mol. The van der Waals surface area contributed by atoms with Crippen molar-refractivity contribution in [2.24, 2.45) is 5.92 Å². The van der Waals surface area contributed by atoms with E-state index in [1.165, 1.54) is 38.5 Å². The summed E-state index contributed by atoms with van der Waals surface area (Å²) >= 11 is 0. The van der Waals surface area contributed by atoms with Crippen LogP contribution < -0.4 is 0 Å². The van der Waals surface area contributed by atoms with E-state index < -0.39 is 0 Å². The van der Waals surface area contributed by atoms with Crippen LogP contribution in [-0.2, 0) is 11.3 Å². The second-order valence-electron chi connectivity index (χ2n) is 6.12. The van der Waals surface area contributed by atoms with E-state index in [0.717, 1.165) is 5.56 Å². The van der Waals surface area contributed by atoms with E-state index in [1.807, 2.05) is 25.2 Å². The van der Waals surface area contributed by atoms with Crippen LogP contribution >= 0.6 is 0 Å². The first-order chi connectivity index (χ1) is 10.2. The molecular weight excluding hydrogens is 260 g/mol. The lowest BCUT2D eigenvalue weighted by atomic mass is 9.96. The molecular formula is C18H24N2O. The first-order valence-electron chi connectivity index (χ1n) is 7.92. The molecule has 21 heavy (non-hydrogen) atoms. The largest absolute Gasteiger partial charge is 0.341 e. The summed E-state index contributed by atoms with van der Waals surface area (Å²) in [7, 11) is 1.86. The van der Waals surface area contributed by atoms with Crippen molar-refractivity contribution in [2.75, 3.05) is 7.05 Å². The Morgan fingerprint density at radius 3 is 2.67 bits per heavy atom. The molecule has 1 aliphatic rings. The Kier molecular flexibility index (Phi) is 5.80. The van der Waals surface area contributed by atoms with Gasteiger partial charge in [0, 0.05) is 20.0 Å². The van der Waals surface area contributed by atoms with Crippen LogP contribution in [0.15, 0.2) is 24.3 Å². The number of amides is 1. The van der Waals surface area contributed by atoms with Crippen molar-refractivity contribution in [3.63, 3.8) is 0 Å². The van der Waals surface area contributed by atoms with Gasteiger partial charge in [0.15, 0.2) is 0 Å². The molecule has 1 amide bonds. The van der Waals surface area contributed by atoms with Crippen LogP contribution in [0.4, 0.5) is 0 Å². The van der Waals surface area contributed by atoms with Gasteiger partial charge in [-0.25, -0.2) is 0 Å². The number of rotatable bonds is 4. The van der Waals surface area contributed by atoms with E-state index in [4.69, 9.17) is 5.26 Å². The SMILES string of the molecule is CN(Cc1cccc(C#N)c1)C(=O)CC1CCCCCC1. The zero-order chi connectivity index (χ0) is 15.1. The van der Waals surface area contributed by atoms with Crippen LogP contribution in [0, 0.1) is 17.2 Å². The molecule has 1 aliphatic carbocycles. The summed E-state index contributed by atoms with van der Waals surface area (Å²) < 4.78 is 0. The van der Waals surface area contributed by atoms with Gasteiger partial charge >= 0.3 is 0 Å². The molecule has 3 nitrogen and oxygen atoms in total. The fourth-order valence-corrected chi connectivity index (χ4v) is 3.07. The van der Waals surface area contributed by atoms with Crippen LogP contribution in [0.2, 0.25) is 0 Å². The van der Waals surface area contributed by atoms with E-state index >= 15 is 0 Å². The molecule has 0 saturated heterocycles. The zero-order valence-electron chi connectivity index (χ0n) is 12.8. The fourth-order valence-electron chi connectivity index (χ4n) is 3.07. The number of nitriles is 1. The number of nitrogens with zero attached hydrogens (tertiary/aromatic N) is 2. The van der Waals surface area contributed by atoms with Crippen molar-refractivity contribution in [3.8, 4) is 6.07 Å². The topological polar surface area (TPSA) is 44.1 Å². The zero-order valence-corrected chi connectivity index (χ0v) is 12.8. The minimum atomic E-state index is 0.226. The van der Waals surface area contributed by atoms with Gasteiger partial charge in [-0.2, -0.15) is 5.26 Å². The lowest BCUT2D eigenvalue weighted by molar-refractivity contribution is -0.131. The van der Waals surface area contributed by atoms with Gasteiger partial charge in [0.2, 0.25) is 5.91 Å². The normalized spacial score (nSPS) is 16.0. The highest BCUT2D eigenvalue weighted by atomic mass is 16.2. The quantitative estimate of drug-likeness (QED) is 0.788. The molecule has 0 radical (unpaired) electrons. The molecule has 0 aromatic heterocycles. The number of benzene rings is 1. The molecule has 112 valence electrons. The van der Waals surface area contributed by atoms with Crippen LogP contribution in [0.25, 0.3) is 0 Å². The Labute approximate surface area is 127 Å². The summed E-state index contributed by atoms with van der Waals surface area (Å²) in [6, 6.07) is 9.63. The van der Waals surface area contributed by atoms with Gasteiger partial charge in [-0.3, -0.25) is 4.79 Å². The summed E-state index contributed by atoms with van der Waals surface area (Å²) in [4.78, 5) is 14.1. The van der Waals surface area contributed by atoms with Gasteiger partial charge in [-0.15, -0.1) is 0 Å². The van der Waals surface area contributed by atoms with Crippen molar-refractivity contribution < 1.29 is 4.79 Å². The molecule has 0 N–H and O–H groups in total. The highest BCUT2D eigenvalue weighted by Gasteiger charge is 2.18. The maximum absolute atomic E-state index is 12.3. The van der Waals surface area contributed by atoms with Gasteiger partial charge in [0.25, 0.3) is 0 Å². The molecule has 0 bridgehead atoms. The number of hydrogen-bond acceptors (Lipinski definition) is 2. The molecule has 1 aromatic rings. The van der Waals surface area contributed by atoms with E-state index in [2.05, 4.69) is 6.07 Å². The van der Waals surface area contributed by atoms with Crippen molar-refractivity contribution >= 4 is 5.91 Å². The highest BCUT2D eigenvalue weighted by Crippen LogP contribution is 2.26. The molecule has 1 aromatic carbocycles. The molecule has 2 rings (SSSR count). The molecule has 0 spiro atoms. The smallest absolute Gasteiger partial charge is 0.222 e. The predicted octanol–water partition coefficient (Wildman–Crippen LogP) is 3.88. The van der Waals surface area contributed by atoms with E-state index in [-0.39, 0.29) is 5.91 Å². The lowest BCUT2D eigenvalue weighted by Gasteiger charge is -2.21. The molecule has 0 atom stereocenters. The molecule has 0 unspecified atom stereocenters. The Morgan fingerprint density at radius 1 is 1.29 bits per heavy atom. The molecule has 3 heteroatoms. The lowest BCUT2D eigenvalue weighted by Crippen LogP contribution is -2.28. The van der Waals surface area contributed by atoms with E-state index in [9.17, 15) is 4.79 Å². The first kappa shape index (κ1) is 15.6. The van der Waals surface area contributed by atoms with E-state index in [0.29, 0.717) is 24.4 Å². The first-order valence-corrected chi connectivity index (χ1v) is 7.92. The average Bonchev–Trinajstić information content (AvgIpc) is 2.76. The number of hydrogen-bond donors (Lipinski definition) is 0. The van der Waals surface area contributed by atoms with Gasteiger partial charge in [-0.05, 0) is 36.5 Å². The van der Waals surface area contributed by atoms with Crippen molar-refractivity contribution in [2.45, 2.75) is 51.5 Å². The fraction of sp³-hybridized carbons (Fsp3) is 0.556. The van der Waals surface area contributed by atoms with Gasteiger partial charge in [-0.1, -0.05) is 37.8 Å². The standard InChI is InChI=1S/C18H24N2O/c1-20(14-17-10-6-9-16(11-17)13-19)18(21)12-15-7-4-2-3-5-8-15/h6,9-11,15H,2-5,7-8,12,14H2,1H3. The second-order valence-corrected chi connectivity index (χ2v) is 6.12. The molecule has 1 saturated carbocycles. The third-order valence-electron chi connectivity index (χ3n) is 4.34. The summed E-state index contributed by atoms with van der Waals surface area (Å²) in [6.07, 6.45) is 8.25. The summed E-state index contributed by atoms with van der Waals surface area (Å²) in [5, 5.41) is 8.92. The predicted molar refractivity (Wildman–Crippen MR) is 83.4 cm³/mol. The summed E-state index contributed by atoms with van der Waals surface area (Å²) in [6.45, 7) is 0.584. The van der Waals surface area contributed by atoms with Crippen molar-refractivity contribution in [3.05, 3.63) is 35.4 Å². The number of carbonyl (C=O) groups is 1. The van der Waals surface area contributed by atoms with Crippen LogP contribution in [0.5, 0.6) is 0 Å². The Balaban J connectivity index is 1.88. The Hall–Kier alpha value is -1.82. The third kappa shape index (κ3) is 4.90. The third-order valence-corrected chi connectivity index (χ3v) is 4.34. The molecule has 1 fully saturated rings. The van der Waals surface area contributed by atoms with Crippen molar-refractivity contribution in [1.82, 2.24) is 4.90 Å².